The van der Waals surface area contributed by atoms with Crippen LogP contribution in [0.1, 0.15) is 67.2 Å². The van der Waals surface area contributed by atoms with Gasteiger partial charge >= 0.3 is 0 Å². The van der Waals surface area contributed by atoms with E-state index in [1.807, 2.05) is 37.4 Å². The second-order valence-corrected chi connectivity index (χ2v) is 9.87. The van der Waals surface area contributed by atoms with Crippen molar-refractivity contribution >= 4 is 23.4 Å². The van der Waals surface area contributed by atoms with Crippen molar-refractivity contribution in [1.82, 2.24) is 24.9 Å². The van der Waals surface area contributed by atoms with Crippen LogP contribution in [0.25, 0.3) is 0 Å². The van der Waals surface area contributed by atoms with Crippen LogP contribution in [0.4, 0.5) is 5.69 Å². The maximum absolute atomic E-state index is 12.9. The van der Waals surface area contributed by atoms with Gasteiger partial charge in [0.1, 0.15) is 0 Å². The topological polar surface area (TPSA) is 99.6 Å². The van der Waals surface area contributed by atoms with E-state index in [9.17, 15) is 14.4 Å². The number of nitrogens with zero attached hydrogens (tertiary/aromatic N) is 4. The summed E-state index contributed by atoms with van der Waals surface area (Å²) in [5, 5.41) is 10.3. The quantitative estimate of drug-likeness (QED) is 0.522. The molecule has 0 spiro atoms. The fourth-order valence-electron chi connectivity index (χ4n) is 5.17. The molecule has 36 heavy (non-hydrogen) atoms. The molecule has 194 valence electrons. The maximum Gasteiger partial charge on any atom is 0.276 e. The molecule has 2 N–H and O–H groups in total. The van der Waals surface area contributed by atoms with E-state index in [-0.39, 0.29) is 30.6 Å². The van der Waals surface area contributed by atoms with E-state index < -0.39 is 0 Å². The average molecular weight is 495 g/mol. The minimum absolute atomic E-state index is 0.0730. The van der Waals surface area contributed by atoms with Crippen molar-refractivity contribution in [3.8, 4) is 0 Å². The number of aromatic nitrogens is 2. The molecule has 0 saturated carbocycles. The lowest BCUT2D eigenvalue weighted by atomic mass is 10.0. The summed E-state index contributed by atoms with van der Waals surface area (Å²) in [6, 6.07) is 9.87. The van der Waals surface area contributed by atoms with E-state index in [1.165, 1.54) is 19.3 Å². The molecule has 2 aliphatic heterocycles. The van der Waals surface area contributed by atoms with Crippen LogP contribution in [0.5, 0.6) is 0 Å². The zero-order chi connectivity index (χ0) is 25.5. The summed E-state index contributed by atoms with van der Waals surface area (Å²) in [5.41, 5.74) is 2.79. The number of carbonyl (C=O) groups excluding carboxylic acids is 3. The molecular formula is C27H38N6O3. The van der Waals surface area contributed by atoms with Crippen LogP contribution in [-0.4, -0.2) is 69.5 Å². The first-order valence-corrected chi connectivity index (χ1v) is 13.1. The smallest absolute Gasteiger partial charge is 0.276 e. The zero-order valence-electron chi connectivity index (χ0n) is 21.5. The first-order valence-electron chi connectivity index (χ1n) is 13.1. The Kier molecular flexibility index (Phi) is 8.74. The Balaban J connectivity index is 1.23. The van der Waals surface area contributed by atoms with Gasteiger partial charge in [0.25, 0.3) is 5.91 Å². The Morgan fingerprint density at radius 3 is 2.67 bits per heavy atom. The van der Waals surface area contributed by atoms with E-state index in [2.05, 4.69) is 27.6 Å². The van der Waals surface area contributed by atoms with Crippen LogP contribution in [0.3, 0.4) is 0 Å². The highest BCUT2D eigenvalue weighted by atomic mass is 16.2. The largest absolute Gasteiger partial charge is 0.356 e. The number of anilines is 1. The molecule has 9 nitrogen and oxygen atoms in total. The van der Waals surface area contributed by atoms with E-state index in [0.717, 1.165) is 30.8 Å². The van der Waals surface area contributed by atoms with E-state index in [4.69, 9.17) is 0 Å². The molecule has 0 radical (unpaired) electrons. The SMILES string of the molecule is C[C@H]1CCCCN1CCCNC(=O)CCC(=O)N1CCc2c(c(C(=O)Nc3ccccc3)nn2C)C1. The normalized spacial score (nSPS) is 17.9. The number of carbonyl (C=O) groups is 3. The molecular weight excluding hydrogens is 456 g/mol. The Morgan fingerprint density at radius 1 is 1.08 bits per heavy atom. The summed E-state index contributed by atoms with van der Waals surface area (Å²) in [6.45, 7) is 5.95. The predicted molar refractivity (Wildman–Crippen MR) is 138 cm³/mol. The molecule has 2 aliphatic rings. The second-order valence-electron chi connectivity index (χ2n) is 9.87. The lowest BCUT2D eigenvalue weighted by molar-refractivity contribution is -0.134. The molecule has 0 bridgehead atoms. The van der Waals surface area contributed by atoms with Gasteiger partial charge in [-0.2, -0.15) is 5.10 Å². The lowest BCUT2D eigenvalue weighted by Crippen LogP contribution is -2.39. The second kappa shape index (κ2) is 12.2. The maximum atomic E-state index is 12.9. The molecule has 1 aromatic heterocycles. The van der Waals surface area contributed by atoms with Gasteiger partial charge in [-0.15, -0.1) is 0 Å². The van der Waals surface area contributed by atoms with Crippen LogP contribution in [0.2, 0.25) is 0 Å². The van der Waals surface area contributed by atoms with Crippen LogP contribution in [0.15, 0.2) is 30.3 Å². The molecule has 2 aromatic rings. The van der Waals surface area contributed by atoms with Crippen molar-refractivity contribution < 1.29 is 14.4 Å². The van der Waals surface area contributed by atoms with E-state index in [0.29, 0.717) is 43.5 Å². The summed E-state index contributed by atoms with van der Waals surface area (Å²) in [6.07, 6.45) is 5.72. The number of hydrogen-bond donors (Lipinski definition) is 2. The van der Waals surface area contributed by atoms with Gasteiger partial charge in [0.05, 0.1) is 0 Å². The third kappa shape index (κ3) is 6.51. The third-order valence-corrected chi connectivity index (χ3v) is 7.29. The molecule has 1 atom stereocenters. The molecule has 0 aliphatic carbocycles. The Bertz CT molecular complexity index is 1070. The molecule has 1 aromatic carbocycles. The number of amides is 3. The standard InChI is InChI=1S/C27H38N6O3/c1-20-9-6-7-16-32(20)17-8-15-28-24(34)12-13-25(35)33-18-14-23-22(19-33)26(30-31(23)2)27(36)29-21-10-4-3-5-11-21/h3-5,10-11,20H,6-9,12-19H2,1-2H3,(H,28,34)(H,29,36)/t20-/m0/s1. The molecule has 1 fully saturated rings. The number of hydrogen-bond acceptors (Lipinski definition) is 5. The first kappa shape index (κ1) is 25.9. The third-order valence-electron chi connectivity index (χ3n) is 7.29. The number of fused-ring (bicyclic) bond motifs is 1. The lowest BCUT2D eigenvalue weighted by Gasteiger charge is -2.33. The van der Waals surface area contributed by atoms with Gasteiger partial charge in [0.15, 0.2) is 5.69 Å². The summed E-state index contributed by atoms with van der Waals surface area (Å²) in [5.74, 6) is -0.445. The summed E-state index contributed by atoms with van der Waals surface area (Å²) in [7, 11) is 1.83. The highest BCUT2D eigenvalue weighted by molar-refractivity contribution is 6.04. The highest BCUT2D eigenvalue weighted by Gasteiger charge is 2.29. The van der Waals surface area contributed by atoms with E-state index in [1.54, 1.807) is 9.58 Å². The van der Waals surface area contributed by atoms with Gasteiger partial charge < -0.3 is 20.4 Å². The number of nitrogens with one attached hydrogen (secondary N) is 2. The molecule has 9 heteroatoms. The Hall–Kier alpha value is -3.20. The Morgan fingerprint density at radius 2 is 1.89 bits per heavy atom. The molecule has 0 unspecified atom stereocenters. The van der Waals surface area contributed by atoms with Crippen LogP contribution in [-0.2, 0) is 29.6 Å². The highest BCUT2D eigenvalue weighted by Crippen LogP contribution is 2.24. The number of likely N-dealkylation sites (tertiary alicyclic amines) is 1. The van der Waals surface area contributed by atoms with Crippen molar-refractivity contribution in [1.29, 1.82) is 0 Å². The zero-order valence-corrected chi connectivity index (χ0v) is 21.5. The number of aryl methyl sites for hydroxylation is 1. The van der Waals surface area contributed by atoms with Crippen molar-refractivity contribution in [3.05, 3.63) is 47.3 Å². The van der Waals surface area contributed by atoms with Crippen molar-refractivity contribution in [2.75, 3.05) is 31.5 Å². The van der Waals surface area contributed by atoms with Crippen molar-refractivity contribution in [3.63, 3.8) is 0 Å². The predicted octanol–water partition coefficient (Wildman–Crippen LogP) is 2.72. The first-order chi connectivity index (χ1) is 17.4. The number of piperidine rings is 1. The molecule has 1 saturated heterocycles. The van der Waals surface area contributed by atoms with Crippen molar-refractivity contribution in [2.45, 2.75) is 64.5 Å². The minimum atomic E-state index is -0.286. The van der Waals surface area contributed by atoms with Crippen LogP contribution < -0.4 is 10.6 Å². The summed E-state index contributed by atoms with van der Waals surface area (Å²) in [4.78, 5) is 42.3. The number of benzene rings is 1. The van der Waals surface area contributed by atoms with Gasteiger partial charge in [-0.3, -0.25) is 19.1 Å². The summed E-state index contributed by atoms with van der Waals surface area (Å²) < 4.78 is 1.73. The van der Waals surface area contributed by atoms with Gasteiger partial charge in [-0.1, -0.05) is 24.6 Å². The minimum Gasteiger partial charge on any atom is -0.356 e. The van der Waals surface area contributed by atoms with Gasteiger partial charge in [-0.25, -0.2) is 0 Å². The Labute approximate surface area is 213 Å². The van der Waals surface area contributed by atoms with Gasteiger partial charge in [0, 0.05) is 75.5 Å². The van der Waals surface area contributed by atoms with Gasteiger partial charge in [0.2, 0.25) is 11.8 Å². The van der Waals surface area contributed by atoms with Crippen molar-refractivity contribution in [2.24, 2.45) is 7.05 Å². The van der Waals surface area contributed by atoms with Crippen LogP contribution >= 0.6 is 0 Å². The monoisotopic (exact) mass is 494 g/mol. The molecule has 4 rings (SSSR count). The fraction of sp³-hybridized carbons (Fsp3) is 0.556. The van der Waals surface area contributed by atoms with E-state index >= 15 is 0 Å². The summed E-state index contributed by atoms with van der Waals surface area (Å²) >= 11 is 0. The molecule has 3 heterocycles. The number of para-hydroxylation sites is 1. The van der Waals surface area contributed by atoms with Gasteiger partial charge in [-0.05, 0) is 44.9 Å². The average Bonchev–Trinajstić information content (AvgIpc) is 3.22. The number of rotatable bonds is 9. The fourth-order valence-corrected chi connectivity index (χ4v) is 5.17. The van der Waals surface area contributed by atoms with Crippen LogP contribution in [0, 0.1) is 0 Å². The molecule has 3 amide bonds.